The molecule has 0 aliphatic carbocycles. The number of methoxy groups -OCH3 is 2. The average molecular weight is 254 g/mol. The number of hydrogen-bond donors (Lipinski definition) is 1. The number of carboxylic acids is 1. The molecule has 0 bridgehead atoms. The Hall–Kier alpha value is -2.24. The lowest BCUT2D eigenvalue weighted by Crippen LogP contribution is -2.23. The number of ether oxygens (including phenoxy) is 3. The van der Waals surface area contributed by atoms with Crippen LogP contribution in [0.15, 0.2) is 12.1 Å². The summed E-state index contributed by atoms with van der Waals surface area (Å²) in [6, 6.07) is 2.89. The van der Waals surface area contributed by atoms with Crippen LogP contribution >= 0.6 is 0 Å². The molecule has 6 heteroatoms. The number of carbonyl (C=O) groups is 2. The van der Waals surface area contributed by atoms with E-state index in [2.05, 4.69) is 0 Å². The Balaban J connectivity index is 3.22. The number of rotatable bonds is 6. The molecular formula is C12H14O6. The molecule has 1 rings (SSSR count). The number of hydrogen-bond acceptors (Lipinski definition) is 5. The van der Waals surface area contributed by atoms with Crippen molar-refractivity contribution in [2.75, 3.05) is 14.2 Å². The second kappa shape index (κ2) is 5.90. The van der Waals surface area contributed by atoms with Crippen LogP contribution in [-0.2, 0) is 4.79 Å². The summed E-state index contributed by atoms with van der Waals surface area (Å²) < 4.78 is 15.4. The van der Waals surface area contributed by atoms with Crippen molar-refractivity contribution in [3.05, 3.63) is 17.7 Å². The average Bonchev–Trinajstić information content (AvgIpc) is 2.38. The molecule has 0 heterocycles. The van der Waals surface area contributed by atoms with E-state index in [0.29, 0.717) is 11.8 Å². The molecule has 0 unspecified atom stereocenters. The summed E-state index contributed by atoms with van der Waals surface area (Å²) in [6.45, 7) is 1.38. The molecule has 6 nitrogen and oxygen atoms in total. The van der Waals surface area contributed by atoms with Crippen molar-refractivity contribution in [3.8, 4) is 17.2 Å². The van der Waals surface area contributed by atoms with Crippen molar-refractivity contribution < 1.29 is 28.9 Å². The lowest BCUT2D eigenvalue weighted by atomic mass is 10.2. The van der Waals surface area contributed by atoms with Crippen molar-refractivity contribution in [1.29, 1.82) is 0 Å². The summed E-state index contributed by atoms with van der Waals surface area (Å²) >= 11 is 0. The Morgan fingerprint density at radius 1 is 1.28 bits per heavy atom. The van der Waals surface area contributed by atoms with Gasteiger partial charge in [0.1, 0.15) is 6.29 Å². The van der Waals surface area contributed by atoms with Crippen LogP contribution in [0, 0.1) is 0 Å². The fourth-order valence-electron chi connectivity index (χ4n) is 1.31. The van der Waals surface area contributed by atoms with E-state index in [1.54, 1.807) is 0 Å². The first-order valence-electron chi connectivity index (χ1n) is 5.14. The lowest BCUT2D eigenvalue weighted by molar-refractivity contribution is -0.144. The number of carbonyl (C=O) groups excluding carboxylic acids is 1. The van der Waals surface area contributed by atoms with Crippen LogP contribution in [0.3, 0.4) is 0 Å². The first kappa shape index (κ1) is 13.8. The highest BCUT2D eigenvalue weighted by Crippen LogP contribution is 2.38. The third kappa shape index (κ3) is 2.91. The largest absolute Gasteiger partial charge is 0.493 e. The highest BCUT2D eigenvalue weighted by atomic mass is 16.6. The standard InChI is InChI=1S/C12H14O6/c1-7(12(14)15)18-11-9(16-2)4-8(6-13)5-10(11)17-3/h4-7H,1-3H3,(H,14,15)/t7-/m0/s1. The molecule has 0 amide bonds. The molecule has 1 aromatic rings. The second-order valence-electron chi connectivity index (χ2n) is 3.47. The SMILES string of the molecule is COc1cc(C=O)cc(OC)c1O[C@@H](C)C(=O)O. The van der Waals surface area contributed by atoms with Crippen molar-refractivity contribution >= 4 is 12.3 Å². The van der Waals surface area contributed by atoms with Gasteiger partial charge in [-0.15, -0.1) is 0 Å². The molecule has 1 N–H and O–H groups in total. The van der Waals surface area contributed by atoms with Gasteiger partial charge in [-0.05, 0) is 19.1 Å². The summed E-state index contributed by atoms with van der Waals surface area (Å²) in [4.78, 5) is 21.5. The van der Waals surface area contributed by atoms with Gasteiger partial charge in [-0.1, -0.05) is 0 Å². The third-order valence-electron chi connectivity index (χ3n) is 2.26. The van der Waals surface area contributed by atoms with E-state index in [4.69, 9.17) is 19.3 Å². The van der Waals surface area contributed by atoms with Gasteiger partial charge in [-0.2, -0.15) is 0 Å². The van der Waals surface area contributed by atoms with Crippen molar-refractivity contribution in [2.24, 2.45) is 0 Å². The van der Waals surface area contributed by atoms with Gasteiger partial charge in [-0.25, -0.2) is 4.79 Å². The molecule has 0 fully saturated rings. The van der Waals surface area contributed by atoms with Crippen LogP contribution in [0.5, 0.6) is 17.2 Å². The summed E-state index contributed by atoms with van der Waals surface area (Å²) in [7, 11) is 2.78. The lowest BCUT2D eigenvalue weighted by Gasteiger charge is -2.17. The maximum absolute atomic E-state index is 10.8. The third-order valence-corrected chi connectivity index (χ3v) is 2.26. The molecule has 0 radical (unpaired) electrons. The van der Waals surface area contributed by atoms with Gasteiger partial charge in [0.2, 0.25) is 5.75 Å². The van der Waals surface area contributed by atoms with E-state index in [0.717, 1.165) is 0 Å². The highest BCUT2D eigenvalue weighted by Gasteiger charge is 2.20. The Bertz CT molecular complexity index is 429. The first-order valence-corrected chi connectivity index (χ1v) is 5.14. The minimum atomic E-state index is -1.11. The number of aldehydes is 1. The van der Waals surface area contributed by atoms with E-state index in [9.17, 15) is 9.59 Å². The molecule has 1 aromatic carbocycles. The molecule has 18 heavy (non-hydrogen) atoms. The van der Waals surface area contributed by atoms with E-state index in [1.807, 2.05) is 0 Å². The molecule has 1 atom stereocenters. The minimum absolute atomic E-state index is 0.153. The van der Waals surface area contributed by atoms with Gasteiger partial charge in [0, 0.05) is 5.56 Å². The maximum Gasteiger partial charge on any atom is 0.344 e. The molecule has 98 valence electrons. The fourth-order valence-corrected chi connectivity index (χ4v) is 1.31. The van der Waals surface area contributed by atoms with E-state index in [-0.39, 0.29) is 17.2 Å². The second-order valence-corrected chi connectivity index (χ2v) is 3.47. The zero-order valence-electron chi connectivity index (χ0n) is 10.3. The Labute approximate surface area is 104 Å². The Kier molecular flexibility index (Phi) is 4.53. The number of benzene rings is 1. The zero-order valence-corrected chi connectivity index (χ0v) is 10.3. The van der Waals surface area contributed by atoms with E-state index >= 15 is 0 Å². The van der Waals surface area contributed by atoms with Crippen molar-refractivity contribution in [1.82, 2.24) is 0 Å². The van der Waals surface area contributed by atoms with Gasteiger partial charge in [0.25, 0.3) is 0 Å². The molecule has 0 saturated heterocycles. The summed E-state index contributed by atoms with van der Waals surface area (Å²) in [5.74, 6) is -0.479. The van der Waals surface area contributed by atoms with Gasteiger partial charge in [-0.3, -0.25) is 4.79 Å². The van der Waals surface area contributed by atoms with Gasteiger partial charge >= 0.3 is 5.97 Å². The van der Waals surface area contributed by atoms with Crippen LogP contribution in [0.1, 0.15) is 17.3 Å². The van der Waals surface area contributed by atoms with Crippen LogP contribution < -0.4 is 14.2 Å². The molecule has 0 spiro atoms. The normalized spacial score (nSPS) is 11.5. The summed E-state index contributed by atoms with van der Waals surface area (Å²) in [6.07, 6.45) is -0.426. The van der Waals surface area contributed by atoms with Crippen LogP contribution in [0.25, 0.3) is 0 Å². The monoisotopic (exact) mass is 254 g/mol. The van der Waals surface area contributed by atoms with Gasteiger partial charge in [0.05, 0.1) is 14.2 Å². The smallest absolute Gasteiger partial charge is 0.344 e. The summed E-state index contributed by atoms with van der Waals surface area (Å²) in [5.41, 5.74) is 0.346. The quantitative estimate of drug-likeness (QED) is 0.772. The summed E-state index contributed by atoms with van der Waals surface area (Å²) in [5, 5.41) is 8.81. The number of carboxylic acid groups (broad SMARTS) is 1. The molecular weight excluding hydrogens is 240 g/mol. The molecule has 0 aromatic heterocycles. The van der Waals surface area contributed by atoms with E-state index in [1.165, 1.54) is 33.3 Å². The topological polar surface area (TPSA) is 82.1 Å². The zero-order chi connectivity index (χ0) is 13.7. The van der Waals surface area contributed by atoms with Crippen LogP contribution in [0.4, 0.5) is 0 Å². The fraction of sp³-hybridized carbons (Fsp3) is 0.333. The predicted molar refractivity (Wildman–Crippen MR) is 62.7 cm³/mol. The highest BCUT2D eigenvalue weighted by molar-refractivity contribution is 5.79. The van der Waals surface area contributed by atoms with Gasteiger partial charge < -0.3 is 19.3 Å². The predicted octanol–water partition coefficient (Wildman–Crippen LogP) is 1.37. The Morgan fingerprint density at radius 3 is 2.11 bits per heavy atom. The van der Waals surface area contributed by atoms with E-state index < -0.39 is 12.1 Å². The van der Waals surface area contributed by atoms with Crippen molar-refractivity contribution in [2.45, 2.75) is 13.0 Å². The maximum atomic E-state index is 10.8. The molecule has 0 aliphatic rings. The molecule has 0 aliphatic heterocycles. The Morgan fingerprint density at radius 2 is 1.78 bits per heavy atom. The van der Waals surface area contributed by atoms with Gasteiger partial charge in [0.15, 0.2) is 17.6 Å². The molecule has 0 saturated carbocycles. The number of aliphatic carboxylic acids is 1. The van der Waals surface area contributed by atoms with Crippen molar-refractivity contribution in [3.63, 3.8) is 0 Å². The van der Waals surface area contributed by atoms with Crippen LogP contribution in [-0.4, -0.2) is 37.7 Å². The first-order chi connectivity index (χ1) is 8.53. The minimum Gasteiger partial charge on any atom is -0.493 e. The van der Waals surface area contributed by atoms with Crippen LogP contribution in [0.2, 0.25) is 0 Å².